The van der Waals surface area contributed by atoms with Crippen molar-refractivity contribution in [2.75, 3.05) is 26.2 Å². The van der Waals surface area contributed by atoms with Gasteiger partial charge in [-0.05, 0) is 33.2 Å². The van der Waals surface area contributed by atoms with Crippen LogP contribution in [0.3, 0.4) is 0 Å². The highest BCUT2D eigenvalue weighted by molar-refractivity contribution is 7.72. The highest BCUT2D eigenvalue weighted by Crippen LogP contribution is 2.71. The van der Waals surface area contributed by atoms with Gasteiger partial charge < -0.3 is 50.0 Å². The summed E-state index contributed by atoms with van der Waals surface area (Å²) in [6.45, 7) is 1.66. The number of unbranched alkanes of at least 4 members (excludes halogenated alkanes) is 3. The zero-order chi connectivity index (χ0) is 25.3. The minimum Gasteiger partial charge on any atom is -0.396 e. The Morgan fingerprint density at radius 1 is 0.645 bits per heavy atom. The minimum absolute atomic E-state index is 0.324. The second kappa shape index (κ2) is 13.4. The Morgan fingerprint density at radius 2 is 0.935 bits per heavy atom. The molecule has 0 fully saturated rings. The van der Waals surface area contributed by atoms with Gasteiger partial charge in [-0.15, -0.1) is 0 Å². The molecule has 0 radical (unpaired) electrons. The first-order valence-corrected chi connectivity index (χ1v) is 15.9. The lowest BCUT2D eigenvalue weighted by molar-refractivity contribution is -0.927. The average Bonchev–Trinajstić information content (AvgIpc) is 2.53. The molecular weight excluding hydrogens is 504 g/mol. The molecule has 0 aliphatic heterocycles. The zero-order valence-electron chi connectivity index (χ0n) is 17.3. The smallest absolute Gasteiger partial charge is 0.395 e. The molecule has 0 spiro atoms. The van der Waals surface area contributed by atoms with E-state index in [1.807, 2.05) is 0 Å². The lowest BCUT2D eigenvalue weighted by atomic mass is 10.2. The molecule has 11 N–H and O–H groups in total. The van der Waals surface area contributed by atoms with Gasteiger partial charge in [0.05, 0.1) is 13.1 Å². The maximum atomic E-state index is 11.6. The minimum atomic E-state index is -5.72. The van der Waals surface area contributed by atoms with Crippen LogP contribution in [-0.4, -0.2) is 86.0 Å². The van der Waals surface area contributed by atoms with Crippen molar-refractivity contribution in [2.45, 2.75) is 50.6 Å². The van der Waals surface area contributed by atoms with Crippen LogP contribution >= 0.6 is 30.4 Å². The van der Waals surface area contributed by atoms with Crippen LogP contribution in [0.15, 0.2) is 0 Å². The van der Waals surface area contributed by atoms with Gasteiger partial charge in [-0.25, -0.2) is 0 Å². The molecule has 19 heteroatoms. The van der Waals surface area contributed by atoms with Gasteiger partial charge in [0, 0.05) is 6.61 Å². The Balaban J connectivity index is 0. The molecule has 0 saturated heterocycles. The van der Waals surface area contributed by atoms with Crippen molar-refractivity contribution >= 4 is 30.4 Å². The first-order chi connectivity index (χ1) is 13.8. The van der Waals surface area contributed by atoms with Crippen LogP contribution in [0.1, 0.15) is 39.5 Å². The molecule has 0 aliphatic carbocycles. The van der Waals surface area contributed by atoms with E-state index in [1.54, 1.807) is 0 Å². The molecule has 0 bridgehead atoms. The Labute approximate surface area is 180 Å². The van der Waals surface area contributed by atoms with Crippen molar-refractivity contribution < 1.29 is 67.0 Å². The van der Waals surface area contributed by atoms with Crippen LogP contribution in [0.5, 0.6) is 0 Å². The molecule has 0 aliphatic rings. The second-order valence-electron chi connectivity index (χ2n) is 6.71. The fourth-order valence-corrected chi connectivity index (χ4v) is 11.0. The maximum absolute atomic E-state index is 11.6. The van der Waals surface area contributed by atoms with Crippen molar-refractivity contribution in [2.24, 2.45) is 5.73 Å². The summed E-state index contributed by atoms with van der Waals surface area (Å²) < 4.78 is 44.5. The highest BCUT2D eigenvalue weighted by atomic mass is 31.2. The standard InChI is InChI=1S/C6H19NO12P4.C6H15NO/c1-3-7(4-2,5(20(8,9)10)21(11,12)13)6(22(14,15)16)23(17,18)19;7-5-3-1-2-4-6-8/h5-6H,3-4H2,1-2H3,(H7-,8,9,10,11,12,13,14,15,16,17,18,19);8H,1-7H2/p+1. The Hall–Kier alpha value is 0.480. The summed E-state index contributed by atoms with van der Waals surface area (Å²) in [5, 5.41) is 8.33. The van der Waals surface area contributed by atoms with E-state index in [4.69, 9.17) is 10.8 Å². The molecule has 0 aromatic rings. The summed E-state index contributed by atoms with van der Waals surface area (Å²) in [6, 6.07) is 0. The maximum Gasteiger partial charge on any atom is 0.395 e. The van der Waals surface area contributed by atoms with Crippen molar-refractivity contribution in [3.63, 3.8) is 0 Å². The zero-order valence-corrected chi connectivity index (χ0v) is 20.9. The van der Waals surface area contributed by atoms with Gasteiger partial charge in [0.2, 0.25) is 0 Å². The van der Waals surface area contributed by atoms with E-state index < -0.39 is 59.0 Å². The molecule has 0 amide bonds. The van der Waals surface area contributed by atoms with Crippen molar-refractivity contribution in [1.29, 1.82) is 0 Å². The summed E-state index contributed by atoms with van der Waals surface area (Å²) in [5.74, 6) is 0. The monoisotopic (exact) mass is 539 g/mol. The highest BCUT2D eigenvalue weighted by Gasteiger charge is 2.68. The number of quaternary nitrogens is 1. The van der Waals surface area contributed by atoms with Crippen LogP contribution in [0.2, 0.25) is 0 Å². The van der Waals surface area contributed by atoms with Gasteiger partial charge in [0.15, 0.2) is 0 Å². The average molecular weight is 539 g/mol. The fourth-order valence-electron chi connectivity index (χ4n) is 3.20. The third-order valence-electron chi connectivity index (χ3n) is 4.41. The lowest BCUT2D eigenvalue weighted by Gasteiger charge is -2.47. The molecule has 0 atom stereocenters. The molecule has 0 heterocycles. The summed E-state index contributed by atoms with van der Waals surface area (Å²) in [7, 11) is -22.9. The summed E-state index contributed by atoms with van der Waals surface area (Å²) >= 11 is 0. The lowest BCUT2D eigenvalue weighted by Crippen LogP contribution is -2.60. The largest absolute Gasteiger partial charge is 0.396 e. The molecule has 0 aromatic carbocycles. The third-order valence-corrected chi connectivity index (χ3v) is 12.3. The first-order valence-electron chi connectivity index (χ1n) is 9.15. The SMILES string of the molecule is CC[N+](CC)(C(P(=O)(O)O)P(=O)(O)O)C(P(=O)(O)O)P(=O)(O)O.NCCCCCCO. The molecule has 0 rings (SSSR count). The van der Waals surface area contributed by atoms with Gasteiger partial charge >= 0.3 is 30.4 Å². The molecule has 31 heavy (non-hydrogen) atoms. The number of rotatable bonds is 13. The second-order valence-corrected chi connectivity index (χ2v) is 14.2. The van der Waals surface area contributed by atoms with E-state index in [2.05, 4.69) is 0 Å². The van der Waals surface area contributed by atoms with Crippen LogP contribution in [0.4, 0.5) is 0 Å². The Kier molecular flexibility index (Phi) is 14.5. The van der Waals surface area contributed by atoms with Gasteiger partial charge in [-0.3, -0.25) is 22.7 Å². The number of aliphatic hydroxyl groups is 1. The molecule has 0 aromatic heterocycles. The number of hydrogen-bond donors (Lipinski definition) is 10. The van der Waals surface area contributed by atoms with E-state index >= 15 is 0 Å². The summed E-state index contributed by atoms with van der Waals surface area (Å²) in [5.41, 5.74) is -0.816. The van der Waals surface area contributed by atoms with Gasteiger partial charge in [-0.2, -0.15) is 0 Å². The van der Waals surface area contributed by atoms with E-state index in [0.29, 0.717) is 6.61 Å². The Morgan fingerprint density at radius 3 is 1.13 bits per heavy atom. The van der Waals surface area contributed by atoms with Crippen LogP contribution in [0.25, 0.3) is 0 Å². The number of hydrogen-bond acceptors (Lipinski definition) is 6. The number of aliphatic hydroxyl groups excluding tert-OH is 1. The van der Waals surface area contributed by atoms with Crippen molar-refractivity contribution in [3.8, 4) is 0 Å². The van der Waals surface area contributed by atoms with E-state index in [9.17, 15) is 57.4 Å². The fraction of sp³-hybridized carbons (Fsp3) is 1.00. The molecule has 190 valence electrons. The number of nitrogens with zero attached hydrogens (tertiary/aromatic N) is 1. The normalized spacial score (nSPS) is 14.0. The predicted molar refractivity (Wildman–Crippen MR) is 112 cm³/mol. The van der Waals surface area contributed by atoms with E-state index in [1.165, 1.54) is 0 Å². The van der Waals surface area contributed by atoms with Crippen molar-refractivity contribution in [3.05, 3.63) is 0 Å². The molecule has 15 nitrogen and oxygen atoms in total. The topological polar surface area (TPSA) is 276 Å². The van der Waals surface area contributed by atoms with Crippen LogP contribution in [0, 0.1) is 0 Å². The predicted octanol–water partition coefficient (Wildman–Crippen LogP) is -0.381. The van der Waals surface area contributed by atoms with E-state index in [0.717, 1.165) is 46.1 Å². The first kappa shape index (κ1) is 33.7. The van der Waals surface area contributed by atoms with Crippen LogP contribution < -0.4 is 5.73 Å². The third kappa shape index (κ3) is 11.0. The number of nitrogens with two attached hydrogens (primary N) is 1. The van der Waals surface area contributed by atoms with Crippen LogP contribution in [-0.2, 0) is 18.3 Å². The van der Waals surface area contributed by atoms with Gasteiger partial charge in [-0.1, -0.05) is 12.8 Å². The van der Waals surface area contributed by atoms with Crippen molar-refractivity contribution in [1.82, 2.24) is 0 Å². The molecule has 0 saturated carbocycles. The molecule has 0 unspecified atom stereocenters. The summed E-state index contributed by atoms with van der Waals surface area (Å²) in [4.78, 5) is 74.3. The van der Waals surface area contributed by atoms with Gasteiger partial charge in [0.25, 0.3) is 11.0 Å². The van der Waals surface area contributed by atoms with E-state index in [-0.39, 0.29) is 0 Å². The quantitative estimate of drug-likeness (QED) is 0.0811. The molecular formula is C12H35N2O13P4+. The Bertz CT molecular complexity index is 607. The van der Waals surface area contributed by atoms with Gasteiger partial charge in [0.1, 0.15) is 0 Å². The summed E-state index contributed by atoms with van der Waals surface area (Å²) in [6.07, 6.45) is 4.31.